The van der Waals surface area contributed by atoms with Crippen LogP contribution in [0, 0.1) is 0 Å². The van der Waals surface area contributed by atoms with E-state index in [0.29, 0.717) is 32.4 Å². The van der Waals surface area contributed by atoms with E-state index in [2.05, 4.69) is 5.10 Å². The quantitative estimate of drug-likeness (QED) is 0.630. The van der Waals surface area contributed by atoms with Crippen LogP contribution in [0.25, 0.3) is 22.4 Å². The van der Waals surface area contributed by atoms with Gasteiger partial charge in [-0.15, -0.1) is 0 Å². The Kier molecular flexibility index (Phi) is 5.63. The Morgan fingerprint density at radius 3 is 1.93 bits per heavy atom. The van der Waals surface area contributed by atoms with Crippen LogP contribution in [-0.2, 0) is 11.3 Å². The maximum Gasteiger partial charge on any atom is 0.325 e. The first kappa shape index (κ1) is 19.8. The number of carbonyl (C=O) groups is 2. The third-order valence-electron chi connectivity index (χ3n) is 4.04. The molecule has 0 atom stereocenters. The zero-order chi connectivity index (χ0) is 20.4. The molecule has 1 aromatic heterocycles. The van der Waals surface area contributed by atoms with E-state index in [4.69, 9.17) is 28.3 Å². The van der Waals surface area contributed by atoms with Gasteiger partial charge in [-0.05, 0) is 36.8 Å². The average molecular weight is 417 g/mol. The average Bonchev–Trinajstić information content (AvgIpc) is 2.64. The van der Waals surface area contributed by atoms with E-state index in [0.717, 1.165) is 4.68 Å². The van der Waals surface area contributed by atoms with Crippen molar-refractivity contribution < 1.29 is 14.7 Å². The number of aromatic nitrogens is 2. The lowest BCUT2D eigenvalue weighted by Crippen LogP contribution is -2.32. The molecule has 0 unspecified atom stereocenters. The van der Waals surface area contributed by atoms with Crippen molar-refractivity contribution in [3.8, 4) is 22.4 Å². The molecule has 0 bridgehead atoms. The fourth-order valence-electron chi connectivity index (χ4n) is 2.84. The lowest BCUT2D eigenvalue weighted by Gasteiger charge is -2.15. The standard InChI is InChI=1S/C20H14Cl2N2O4/c1-11(25)17-18(12-2-6-14(21)7-3-12)19(13-4-8-15(22)9-5-13)23-24(20(17)28)10-16(26)27/h2-9H,10H2,1H3,(H,26,27). The minimum Gasteiger partial charge on any atom is -0.480 e. The number of hydrogen-bond acceptors (Lipinski definition) is 4. The lowest BCUT2D eigenvalue weighted by molar-refractivity contribution is -0.138. The predicted molar refractivity (Wildman–Crippen MR) is 107 cm³/mol. The number of benzene rings is 2. The summed E-state index contributed by atoms with van der Waals surface area (Å²) in [4.78, 5) is 36.4. The first-order chi connectivity index (χ1) is 13.3. The number of ketones is 1. The summed E-state index contributed by atoms with van der Waals surface area (Å²) in [6, 6.07) is 13.3. The molecule has 28 heavy (non-hydrogen) atoms. The fraction of sp³-hybridized carbons (Fsp3) is 0.100. The van der Waals surface area contributed by atoms with Crippen molar-refractivity contribution in [1.29, 1.82) is 0 Å². The normalized spacial score (nSPS) is 10.7. The van der Waals surface area contributed by atoms with Gasteiger partial charge >= 0.3 is 5.97 Å². The van der Waals surface area contributed by atoms with E-state index in [1.54, 1.807) is 48.5 Å². The Morgan fingerprint density at radius 2 is 1.46 bits per heavy atom. The summed E-state index contributed by atoms with van der Waals surface area (Å²) >= 11 is 11.9. The zero-order valence-electron chi connectivity index (χ0n) is 14.6. The number of rotatable bonds is 5. The third-order valence-corrected chi connectivity index (χ3v) is 4.55. The third kappa shape index (κ3) is 3.98. The van der Waals surface area contributed by atoms with Gasteiger partial charge in [0, 0.05) is 21.2 Å². The molecule has 6 nitrogen and oxygen atoms in total. The second-order valence-corrected chi connectivity index (χ2v) is 6.90. The summed E-state index contributed by atoms with van der Waals surface area (Å²) in [5.41, 5.74) is 0.854. The van der Waals surface area contributed by atoms with Gasteiger partial charge in [-0.25, -0.2) is 4.68 Å². The Labute approximate surface area is 170 Å². The first-order valence-corrected chi connectivity index (χ1v) is 8.93. The van der Waals surface area contributed by atoms with Gasteiger partial charge in [-0.1, -0.05) is 47.5 Å². The Bertz CT molecular complexity index is 1120. The molecule has 1 heterocycles. The van der Waals surface area contributed by atoms with Crippen LogP contribution in [0.15, 0.2) is 53.3 Å². The van der Waals surface area contributed by atoms with Crippen LogP contribution in [0.4, 0.5) is 0 Å². The van der Waals surface area contributed by atoms with Gasteiger partial charge in [0.25, 0.3) is 5.56 Å². The Hall–Kier alpha value is -2.96. The smallest absolute Gasteiger partial charge is 0.325 e. The van der Waals surface area contributed by atoms with Gasteiger partial charge in [0.1, 0.15) is 6.54 Å². The van der Waals surface area contributed by atoms with Crippen LogP contribution < -0.4 is 5.56 Å². The molecule has 0 saturated heterocycles. The second-order valence-electron chi connectivity index (χ2n) is 6.03. The summed E-state index contributed by atoms with van der Waals surface area (Å²) in [5.74, 6) is -1.74. The van der Waals surface area contributed by atoms with Crippen LogP contribution in [0.5, 0.6) is 0 Å². The highest BCUT2D eigenvalue weighted by Crippen LogP contribution is 2.33. The summed E-state index contributed by atoms with van der Waals surface area (Å²) in [6.07, 6.45) is 0. The molecule has 2 aromatic carbocycles. The fourth-order valence-corrected chi connectivity index (χ4v) is 3.09. The molecule has 0 aliphatic rings. The topological polar surface area (TPSA) is 89.3 Å². The minimum atomic E-state index is -1.24. The molecule has 0 aliphatic heterocycles. The van der Waals surface area contributed by atoms with Crippen molar-refractivity contribution in [1.82, 2.24) is 9.78 Å². The molecule has 0 fully saturated rings. The Morgan fingerprint density at radius 1 is 0.964 bits per heavy atom. The minimum absolute atomic E-state index is 0.136. The monoisotopic (exact) mass is 416 g/mol. The van der Waals surface area contributed by atoms with E-state index in [1.165, 1.54) is 6.92 Å². The van der Waals surface area contributed by atoms with Crippen LogP contribution in [0.2, 0.25) is 10.0 Å². The van der Waals surface area contributed by atoms with Crippen molar-refractivity contribution >= 4 is 35.0 Å². The van der Waals surface area contributed by atoms with Gasteiger partial charge in [0.05, 0.1) is 11.3 Å². The molecule has 0 saturated carbocycles. The van der Waals surface area contributed by atoms with Gasteiger partial charge < -0.3 is 5.11 Å². The van der Waals surface area contributed by atoms with Crippen molar-refractivity contribution in [2.75, 3.05) is 0 Å². The van der Waals surface area contributed by atoms with Crippen LogP contribution >= 0.6 is 23.2 Å². The molecule has 3 rings (SSSR count). The molecule has 0 amide bonds. The number of aliphatic carboxylic acids is 1. The maximum atomic E-state index is 12.8. The van der Waals surface area contributed by atoms with Crippen LogP contribution in [0.1, 0.15) is 17.3 Å². The summed E-state index contributed by atoms with van der Waals surface area (Å²) in [5, 5.41) is 14.4. The summed E-state index contributed by atoms with van der Waals surface area (Å²) in [7, 11) is 0. The number of carboxylic acid groups (broad SMARTS) is 1. The lowest BCUT2D eigenvalue weighted by atomic mass is 9.94. The SMILES string of the molecule is CC(=O)c1c(-c2ccc(Cl)cc2)c(-c2ccc(Cl)cc2)nn(CC(=O)O)c1=O. The van der Waals surface area contributed by atoms with Gasteiger partial charge in [-0.3, -0.25) is 14.4 Å². The second kappa shape index (κ2) is 7.96. The largest absolute Gasteiger partial charge is 0.480 e. The van der Waals surface area contributed by atoms with Gasteiger partial charge in [0.2, 0.25) is 0 Å². The highest BCUT2D eigenvalue weighted by molar-refractivity contribution is 6.31. The van der Waals surface area contributed by atoms with E-state index >= 15 is 0 Å². The molecule has 0 radical (unpaired) electrons. The predicted octanol–water partition coefficient (Wildman–Crippen LogP) is 4.17. The van der Waals surface area contributed by atoms with Crippen molar-refractivity contribution in [2.45, 2.75) is 13.5 Å². The number of Topliss-reactive ketones (excluding diaryl/α,β-unsaturated/α-hetero) is 1. The van der Waals surface area contributed by atoms with E-state index in [1.807, 2.05) is 0 Å². The number of carboxylic acids is 1. The van der Waals surface area contributed by atoms with Crippen molar-refractivity contribution in [3.05, 3.63) is 74.5 Å². The molecule has 142 valence electrons. The van der Waals surface area contributed by atoms with Gasteiger partial charge in [-0.2, -0.15) is 5.10 Å². The molecular weight excluding hydrogens is 403 g/mol. The summed E-state index contributed by atoms with van der Waals surface area (Å²) in [6.45, 7) is 0.591. The van der Waals surface area contributed by atoms with E-state index in [-0.39, 0.29) is 5.56 Å². The molecule has 1 N–H and O–H groups in total. The van der Waals surface area contributed by atoms with Crippen molar-refractivity contribution in [2.24, 2.45) is 0 Å². The first-order valence-electron chi connectivity index (χ1n) is 8.17. The highest BCUT2D eigenvalue weighted by atomic mass is 35.5. The number of hydrogen-bond donors (Lipinski definition) is 1. The zero-order valence-corrected chi connectivity index (χ0v) is 16.2. The van der Waals surface area contributed by atoms with E-state index < -0.39 is 23.9 Å². The van der Waals surface area contributed by atoms with Crippen molar-refractivity contribution in [3.63, 3.8) is 0 Å². The maximum absolute atomic E-state index is 12.8. The molecule has 0 aliphatic carbocycles. The summed E-state index contributed by atoms with van der Waals surface area (Å²) < 4.78 is 0.780. The van der Waals surface area contributed by atoms with Crippen LogP contribution in [-0.4, -0.2) is 26.6 Å². The number of halogens is 2. The number of nitrogens with zero attached hydrogens (tertiary/aromatic N) is 2. The number of carbonyl (C=O) groups excluding carboxylic acids is 1. The molecule has 8 heteroatoms. The van der Waals surface area contributed by atoms with E-state index in [9.17, 15) is 14.4 Å². The highest BCUT2D eigenvalue weighted by Gasteiger charge is 2.23. The molecular formula is C20H14Cl2N2O4. The molecule has 3 aromatic rings. The molecule has 0 spiro atoms. The van der Waals surface area contributed by atoms with Crippen LogP contribution in [0.3, 0.4) is 0 Å². The van der Waals surface area contributed by atoms with Gasteiger partial charge in [0.15, 0.2) is 5.78 Å². The Balaban J connectivity index is 2.42.